The number of aliphatic hydroxyl groups is 1. The number of fused-ring (bicyclic) bond motifs is 1. The first-order chi connectivity index (χ1) is 7.09. The minimum absolute atomic E-state index is 0.171. The molecular formula is C9H7ClN2O3. The van der Waals surface area contributed by atoms with E-state index in [2.05, 4.69) is 4.99 Å². The summed E-state index contributed by atoms with van der Waals surface area (Å²) in [6.07, 6.45) is 4.47. The summed E-state index contributed by atoms with van der Waals surface area (Å²) < 4.78 is 0. The third-order valence-electron chi connectivity index (χ3n) is 2.05. The highest BCUT2D eigenvalue weighted by Gasteiger charge is 2.29. The Balaban J connectivity index is 2.40. The zero-order valence-corrected chi connectivity index (χ0v) is 8.22. The predicted octanol–water partition coefficient (Wildman–Crippen LogP) is 0.637. The Morgan fingerprint density at radius 2 is 2.33 bits per heavy atom. The van der Waals surface area contributed by atoms with Crippen LogP contribution in [0.2, 0.25) is 0 Å². The fourth-order valence-electron chi connectivity index (χ4n) is 1.30. The molecule has 0 aliphatic carbocycles. The van der Waals surface area contributed by atoms with Crippen molar-refractivity contribution in [3.8, 4) is 0 Å². The highest BCUT2D eigenvalue weighted by atomic mass is 35.5. The van der Waals surface area contributed by atoms with E-state index in [0.717, 1.165) is 6.20 Å². The van der Waals surface area contributed by atoms with Crippen molar-refractivity contribution in [2.75, 3.05) is 0 Å². The highest BCUT2D eigenvalue weighted by Crippen LogP contribution is 2.21. The molecule has 6 heteroatoms. The number of hydrogen-bond acceptors (Lipinski definition) is 4. The lowest BCUT2D eigenvalue weighted by Gasteiger charge is -2.30. The lowest BCUT2D eigenvalue weighted by Crippen LogP contribution is -2.41. The lowest BCUT2D eigenvalue weighted by molar-refractivity contribution is -0.134. The van der Waals surface area contributed by atoms with Crippen LogP contribution in [0.5, 0.6) is 0 Å². The molecule has 0 fully saturated rings. The third-order valence-corrected chi connectivity index (χ3v) is 2.29. The van der Waals surface area contributed by atoms with Crippen molar-refractivity contribution in [2.45, 2.75) is 6.23 Å². The van der Waals surface area contributed by atoms with Gasteiger partial charge in [0.15, 0.2) is 6.23 Å². The summed E-state index contributed by atoms with van der Waals surface area (Å²) in [5.74, 6) is -0.778. The number of nitrogens with zero attached hydrogens (tertiary/aromatic N) is 2. The molecule has 2 aliphatic rings. The van der Waals surface area contributed by atoms with Gasteiger partial charge in [0.2, 0.25) is 0 Å². The van der Waals surface area contributed by atoms with Crippen LogP contribution in [0.4, 0.5) is 0 Å². The summed E-state index contributed by atoms with van der Waals surface area (Å²) in [5.41, 5.74) is -0.171. The monoisotopic (exact) mass is 226 g/mol. The predicted molar refractivity (Wildman–Crippen MR) is 54.1 cm³/mol. The Hall–Kier alpha value is -1.59. The van der Waals surface area contributed by atoms with Crippen LogP contribution < -0.4 is 0 Å². The maximum atomic E-state index is 10.7. The van der Waals surface area contributed by atoms with Gasteiger partial charge < -0.3 is 15.1 Å². The van der Waals surface area contributed by atoms with E-state index >= 15 is 0 Å². The van der Waals surface area contributed by atoms with Gasteiger partial charge >= 0.3 is 5.97 Å². The first-order valence-corrected chi connectivity index (χ1v) is 4.50. The second-order valence-corrected chi connectivity index (χ2v) is 3.44. The highest BCUT2D eigenvalue weighted by molar-refractivity contribution is 6.33. The molecule has 0 spiro atoms. The molecule has 2 rings (SSSR count). The van der Waals surface area contributed by atoms with E-state index in [-0.39, 0.29) is 5.57 Å². The molecule has 0 radical (unpaired) electrons. The van der Waals surface area contributed by atoms with Gasteiger partial charge in [0.25, 0.3) is 0 Å². The molecule has 2 heterocycles. The summed E-state index contributed by atoms with van der Waals surface area (Å²) in [6, 6.07) is 0. The molecule has 0 unspecified atom stereocenters. The average Bonchev–Trinajstić information content (AvgIpc) is 2.17. The van der Waals surface area contributed by atoms with Gasteiger partial charge in [-0.05, 0) is 12.2 Å². The summed E-state index contributed by atoms with van der Waals surface area (Å²) in [7, 11) is 0. The minimum Gasteiger partial charge on any atom is -0.478 e. The number of aliphatic carboxylic acids is 1. The van der Waals surface area contributed by atoms with Gasteiger partial charge in [-0.2, -0.15) is 0 Å². The molecule has 2 aliphatic heterocycles. The van der Waals surface area contributed by atoms with Gasteiger partial charge in [-0.1, -0.05) is 11.6 Å². The number of aliphatic imine (C=N–C) groups is 1. The van der Waals surface area contributed by atoms with Crippen LogP contribution in [0, 0.1) is 0 Å². The van der Waals surface area contributed by atoms with E-state index in [1.165, 1.54) is 11.1 Å². The van der Waals surface area contributed by atoms with Crippen molar-refractivity contribution in [3.63, 3.8) is 0 Å². The Morgan fingerprint density at radius 1 is 1.60 bits per heavy atom. The van der Waals surface area contributed by atoms with Gasteiger partial charge in [0.05, 0.1) is 0 Å². The Morgan fingerprint density at radius 3 is 3.00 bits per heavy atom. The van der Waals surface area contributed by atoms with Gasteiger partial charge in [0.1, 0.15) is 11.4 Å². The molecule has 5 nitrogen and oxygen atoms in total. The number of hydrogen-bond donors (Lipinski definition) is 2. The number of carboxylic acids is 1. The first kappa shape index (κ1) is 9.95. The summed E-state index contributed by atoms with van der Waals surface area (Å²) >= 11 is 5.73. The molecule has 0 saturated heterocycles. The fraction of sp³-hybridized carbons (Fsp3) is 0.111. The summed E-state index contributed by atoms with van der Waals surface area (Å²) in [6.45, 7) is 0. The van der Waals surface area contributed by atoms with E-state index in [1.807, 2.05) is 0 Å². The number of amidine groups is 1. The largest absolute Gasteiger partial charge is 0.478 e. The van der Waals surface area contributed by atoms with E-state index in [1.54, 1.807) is 12.2 Å². The molecule has 0 bridgehead atoms. The van der Waals surface area contributed by atoms with Gasteiger partial charge in [-0.25, -0.2) is 9.79 Å². The van der Waals surface area contributed by atoms with E-state index in [9.17, 15) is 9.90 Å². The molecule has 0 aromatic heterocycles. The Bertz CT molecular complexity index is 437. The van der Waals surface area contributed by atoms with Gasteiger partial charge in [0, 0.05) is 17.4 Å². The van der Waals surface area contributed by atoms with E-state index in [0.29, 0.717) is 10.9 Å². The van der Waals surface area contributed by atoms with Crippen LogP contribution in [0.3, 0.4) is 0 Å². The topological polar surface area (TPSA) is 73.1 Å². The van der Waals surface area contributed by atoms with Crippen molar-refractivity contribution in [2.24, 2.45) is 4.99 Å². The Kier molecular flexibility index (Phi) is 2.34. The summed E-state index contributed by atoms with van der Waals surface area (Å²) in [4.78, 5) is 15.9. The molecule has 0 aromatic rings. The lowest BCUT2D eigenvalue weighted by atomic mass is 10.2. The Labute approximate surface area is 90.3 Å². The van der Waals surface area contributed by atoms with Gasteiger partial charge in [-0.3, -0.25) is 0 Å². The normalized spacial score (nSPS) is 24.0. The molecule has 0 saturated carbocycles. The van der Waals surface area contributed by atoms with Crippen LogP contribution in [0.15, 0.2) is 40.1 Å². The first-order valence-electron chi connectivity index (χ1n) is 4.12. The zero-order valence-electron chi connectivity index (χ0n) is 7.46. The molecule has 0 aromatic carbocycles. The van der Waals surface area contributed by atoms with Crippen molar-refractivity contribution in [3.05, 3.63) is 35.2 Å². The number of carbonyl (C=O) groups is 1. The van der Waals surface area contributed by atoms with Crippen molar-refractivity contribution < 1.29 is 15.0 Å². The molecule has 15 heavy (non-hydrogen) atoms. The van der Waals surface area contributed by atoms with Crippen molar-refractivity contribution in [1.29, 1.82) is 0 Å². The average molecular weight is 227 g/mol. The SMILES string of the molecule is O=C(O)C1=CN=C2C=C(Cl)C=CN2[C@@H]1O. The fourth-order valence-corrected chi connectivity index (χ4v) is 1.46. The second kappa shape index (κ2) is 3.52. The van der Waals surface area contributed by atoms with Crippen LogP contribution in [0.25, 0.3) is 0 Å². The van der Waals surface area contributed by atoms with Crippen LogP contribution in [-0.4, -0.2) is 33.1 Å². The maximum absolute atomic E-state index is 10.7. The summed E-state index contributed by atoms with van der Waals surface area (Å²) in [5, 5.41) is 18.9. The standard InChI is InChI=1S/C9H7ClN2O3/c10-5-1-2-12-7(3-5)11-4-6(8(12)13)9(14)15/h1-4,8,13H,(H,14,15)/t8-/m1/s1. The number of aliphatic hydroxyl groups excluding tert-OH is 1. The van der Waals surface area contributed by atoms with Crippen LogP contribution >= 0.6 is 11.6 Å². The van der Waals surface area contributed by atoms with Crippen LogP contribution in [0.1, 0.15) is 0 Å². The zero-order chi connectivity index (χ0) is 11.0. The third kappa shape index (κ3) is 1.67. The number of halogens is 1. The quantitative estimate of drug-likeness (QED) is 0.688. The van der Waals surface area contributed by atoms with Crippen molar-refractivity contribution in [1.82, 2.24) is 4.90 Å². The number of allylic oxidation sites excluding steroid dienone is 2. The van der Waals surface area contributed by atoms with E-state index in [4.69, 9.17) is 16.7 Å². The molecule has 2 N–H and O–H groups in total. The number of rotatable bonds is 1. The van der Waals surface area contributed by atoms with E-state index < -0.39 is 12.2 Å². The maximum Gasteiger partial charge on any atom is 0.337 e. The molecule has 78 valence electrons. The van der Waals surface area contributed by atoms with Gasteiger partial charge in [-0.15, -0.1) is 0 Å². The molecule has 1 atom stereocenters. The molecule has 0 amide bonds. The second-order valence-electron chi connectivity index (χ2n) is 3.00. The van der Waals surface area contributed by atoms with Crippen LogP contribution in [-0.2, 0) is 4.79 Å². The minimum atomic E-state index is -1.23. The smallest absolute Gasteiger partial charge is 0.337 e. The van der Waals surface area contributed by atoms with Crippen molar-refractivity contribution >= 4 is 23.4 Å². The molecular weight excluding hydrogens is 220 g/mol. The number of carboxylic acid groups (broad SMARTS) is 1.